The molecule has 0 amide bonds. The van der Waals surface area contributed by atoms with Crippen LogP contribution in [0.3, 0.4) is 0 Å². The average Bonchev–Trinajstić information content (AvgIpc) is 3.12. The minimum atomic E-state index is -0.477. The van der Waals surface area contributed by atoms with Crippen molar-refractivity contribution in [3.8, 4) is 0 Å². The van der Waals surface area contributed by atoms with Gasteiger partial charge in [-0.05, 0) is 37.3 Å². The summed E-state index contributed by atoms with van der Waals surface area (Å²) in [5.41, 5.74) is 7.53. The third kappa shape index (κ3) is 2.91. The number of nitrogens with one attached hydrogen (secondary N) is 1. The first-order valence-electron chi connectivity index (χ1n) is 5.93. The summed E-state index contributed by atoms with van der Waals surface area (Å²) in [6.45, 7) is 2.48. The summed E-state index contributed by atoms with van der Waals surface area (Å²) >= 11 is 5.87. The largest absolute Gasteiger partial charge is 0.383 e. The van der Waals surface area contributed by atoms with Gasteiger partial charge >= 0.3 is 0 Å². The Hall–Kier alpha value is -1.33. The zero-order valence-electron chi connectivity index (χ0n) is 10.1. The van der Waals surface area contributed by atoms with E-state index in [9.17, 15) is 10.1 Å². The van der Waals surface area contributed by atoms with E-state index >= 15 is 0 Å². The van der Waals surface area contributed by atoms with Gasteiger partial charge in [-0.25, -0.2) is 0 Å². The number of nitrogens with zero attached hydrogens (tertiary/aromatic N) is 1. The first-order chi connectivity index (χ1) is 8.49. The van der Waals surface area contributed by atoms with Crippen LogP contribution in [0.5, 0.6) is 0 Å². The van der Waals surface area contributed by atoms with E-state index in [1.807, 2.05) is 6.92 Å². The third-order valence-corrected chi connectivity index (χ3v) is 3.55. The molecule has 1 aliphatic rings. The van der Waals surface area contributed by atoms with E-state index in [0.29, 0.717) is 12.5 Å². The van der Waals surface area contributed by atoms with E-state index < -0.39 is 4.92 Å². The van der Waals surface area contributed by atoms with Crippen LogP contribution in [0.1, 0.15) is 18.4 Å². The van der Waals surface area contributed by atoms with E-state index in [1.54, 1.807) is 6.07 Å². The van der Waals surface area contributed by atoms with Crippen molar-refractivity contribution in [2.75, 3.05) is 11.9 Å². The molecule has 0 saturated heterocycles. The SMILES string of the molecule is Cc1cc([N+](=O)[O-])c(Cl)cc1NCC(N)C1CC1. The molecule has 0 heterocycles. The highest BCUT2D eigenvalue weighted by Gasteiger charge is 2.28. The first-order valence-corrected chi connectivity index (χ1v) is 6.31. The highest BCUT2D eigenvalue weighted by Crippen LogP contribution is 2.33. The van der Waals surface area contributed by atoms with E-state index in [1.165, 1.54) is 18.9 Å². The van der Waals surface area contributed by atoms with Gasteiger partial charge in [0.15, 0.2) is 0 Å². The van der Waals surface area contributed by atoms with Gasteiger partial charge in [-0.15, -0.1) is 0 Å². The molecule has 98 valence electrons. The maximum atomic E-state index is 10.7. The van der Waals surface area contributed by atoms with Crippen LogP contribution in [-0.4, -0.2) is 17.5 Å². The highest BCUT2D eigenvalue weighted by atomic mass is 35.5. The number of anilines is 1. The highest BCUT2D eigenvalue weighted by molar-refractivity contribution is 6.33. The molecule has 1 saturated carbocycles. The van der Waals surface area contributed by atoms with Gasteiger partial charge in [-0.2, -0.15) is 0 Å². The van der Waals surface area contributed by atoms with Crippen molar-refractivity contribution >= 4 is 23.0 Å². The molecule has 18 heavy (non-hydrogen) atoms. The average molecular weight is 270 g/mol. The molecule has 0 aliphatic heterocycles. The number of benzene rings is 1. The summed E-state index contributed by atoms with van der Waals surface area (Å²) in [7, 11) is 0. The van der Waals surface area contributed by atoms with Crippen molar-refractivity contribution in [1.82, 2.24) is 0 Å². The second-order valence-corrected chi connectivity index (χ2v) is 5.17. The number of nitrogens with two attached hydrogens (primary N) is 1. The number of hydrogen-bond donors (Lipinski definition) is 2. The Bertz CT molecular complexity index is 475. The van der Waals surface area contributed by atoms with Crippen molar-refractivity contribution in [3.63, 3.8) is 0 Å². The fourth-order valence-electron chi connectivity index (χ4n) is 1.92. The van der Waals surface area contributed by atoms with Crippen LogP contribution in [0.15, 0.2) is 12.1 Å². The summed E-state index contributed by atoms with van der Waals surface area (Å²) < 4.78 is 0. The number of aryl methyl sites for hydroxylation is 1. The zero-order chi connectivity index (χ0) is 13.3. The normalized spacial score (nSPS) is 16.4. The summed E-state index contributed by atoms with van der Waals surface area (Å²) in [5, 5.41) is 14.1. The van der Waals surface area contributed by atoms with Crippen LogP contribution in [0.2, 0.25) is 5.02 Å². The van der Waals surface area contributed by atoms with E-state index in [-0.39, 0.29) is 16.8 Å². The lowest BCUT2D eigenvalue weighted by molar-refractivity contribution is -0.384. The molecule has 5 nitrogen and oxygen atoms in total. The topological polar surface area (TPSA) is 81.2 Å². The molecule has 6 heteroatoms. The lowest BCUT2D eigenvalue weighted by Gasteiger charge is -2.14. The Balaban J connectivity index is 2.08. The molecular formula is C12H16ClN3O2. The summed E-state index contributed by atoms with van der Waals surface area (Å²) in [6.07, 6.45) is 2.39. The molecule has 0 aromatic heterocycles. The quantitative estimate of drug-likeness (QED) is 0.636. The summed E-state index contributed by atoms with van der Waals surface area (Å²) in [5.74, 6) is 0.617. The molecule has 1 unspecified atom stereocenters. The second-order valence-electron chi connectivity index (χ2n) is 4.76. The number of halogens is 1. The van der Waals surface area contributed by atoms with Gasteiger partial charge in [0.1, 0.15) is 5.02 Å². The first kappa shape index (κ1) is 13.1. The fourth-order valence-corrected chi connectivity index (χ4v) is 2.15. The van der Waals surface area contributed by atoms with Crippen LogP contribution < -0.4 is 11.1 Å². The standard InChI is InChI=1S/C12H16ClN3O2/c1-7-4-12(16(17)18)9(13)5-11(7)15-6-10(14)8-2-3-8/h4-5,8,10,15H,2-3,6,14H2,1H3. The van der Waals surface area contributed by atoms with Crippen LogP contribution in [-0.2, 0) is 0 Å². The number of nitro benzene ring substituents is 1. The van der Waals surface area contributed by atoms with Crippen molar-refractivity contribution in [1.29, 1.82) is 0 Å². The molecule has 1 atom stereocenters. The molecule has 1 fully saturated rings. The molecule has 0 radical (unpaired) electrons. The van der Waals surface area contributed by atoms with Crippen LogP contribution >= 0.6 is 11.6 Å². The van der Waals surface area contributed by atoms with E-state index in [2.05, 4.69) is 5.32 Å². The lowest BCUT2D eigenvalue weighted by atomic mass is 10.1. The molecule has 2 rings (SSSR count). The van der Waals surface area contributed by atoms with Crippen molar-refractivity contribution < 1.29 is 4.92 Å². The lowest BCUT2D eigenvalue weighted by Crippen LogP contribution is -2.31. The summed E-state index contributed by atoms with van der Waals surface area (Å²) in [4.78, 5) is 10.3. The van der Waals surface area contributed by atoms with Gasteiger partial charge in [-0.1, -0.05) is 11.6 Å². The molecule has 0 spiro atoms. The number of rotatable bonds is 5. The van der Waals surface area contributed by atoms with Gasteiger partial charge in [0.25, 0.3) is 5.69 Å². The monoisotopic (exact) mass is 269 g/mol. The third-order valence-electron chi connectivity index (χ3n) is 3.25. The van der Waals surface area contributed by atoms with Crippen LogP contribution in [0.4, 0.5) is 11.4 Å². The summed E-state index contributed by atoms with van der Waals surface area (Å²) in [6, 6.07) is 3.21. The Morgan fingerprint density at radius 2 is 2.28 bits per heavy atom. The molecule has 1 aromatic carbocycles. The Morgan fingerprint density at radius 1 is 1.61 bits per heavy atom. The van der Waals surface area contributed by atoms with Gasteiger partial charge < -0.3 is 11.1 Å². The molecule has 3 N–H and O–H groups in total. The fraction of sp³-hybridized carbons (Fsp3) is 0.500. The molecule has 1 aliphatic carbocycles. The van der Waals surface area contributed by atoms with Crippen molar-refractivity contribution in [2.45, 2.75) is 25.8 Å². The molecule has 1 aromatic rings. The van der Waals surface area contributed by atoms with Gasteiger partial charge in [0.05, 0.1) is 4.92 Å². The van der Waals surface area contributed by atoms with Gasteiger partial charge in [0.2, 0.25) is 0 Å². The van der Waals surface area contributed by atoms with Crippen LogP contribution in [0, 0.1) is 23.0 Å². The number of nitro groups is 1. The molecular weight excluding hydrogens is 254 g/mol. The van der Waals surface area contributed by atoms with Gasteiger partial charge in [0, 0.05) is 24.3 Å². The Morgan fingerprint density at radius 3 is 2.83 bits per heavy atom. The predicted molar refractivity (Wildman–Crippen MR) is 72.0 cm³/mol. The number of hydrogen-bond acceptors (Lipinski definition) is 4. The second kappa shape index (κ2) is 5.12. The predicted octanol–water partition coefficient (Wildman–Crippen LogP) is 2.71. The van der Waals surface area contributed by atoms with E-state index in [0.717, 1.165) is 11.3 Å². The van der Waals surface area contributed by atoms with Crippen LogP contribution in [0.25, 0.3) is 0 Å². The van der Waals surface area contributed by atoms with Gasteiger partial charge in [-0.3, -0.25) is 10.1 Å². The minimum absolute atomic E-state index is 0.0637. The van der Waals surface area contributed by atoms with E-state index in [4.69, 9.17) is 17.3 Å². The molecule has 0 bridgehead atoms. The minimum Gasteiger partial charge on any atom is -0.383 e. The maximum absolute atomic E-state index is 10.7. The zero-order valence-corrected chi connectivity index (χ0v) is 10.9. The Kier molecular flexibility index (Phi) is 3.73. The Labute approximate surface area is 110 Å². The smallest absolute Gasteiger partial charge is 0.288 e. The maximum Gasteiger partial charge on any atom is 0.288 e. The van der Waals surface area contributed by atoms with Crippen molar-refractivity contribution in [2.24, 2.45) is 11.7 Å². The van der Waals surface area contributed by atoms with Crippen molar-refractivity contribution in [3.05, 3.63) is 32.8 Å².